The molecular formula is C37H47N3O11. The molecule has 2 aliphatic heterocycles. The van der Waals surface area contributed by atoms with Crippen molar-refractivity contribution in [1.82, 2.24) is 14.9 Å². The number of carbonyl (C=O) groups excluding carboxylic acids is 3. The van der Waals surface area contributed by atoms with Crippen molar-refractivity contribution < 1.29 is 47.9 Å². The van der Waals surface area contributed by atoms with Gasteiger partial charge in [0.2, 0.25) is 0 Å². The third-order valence-corrected chi connectivity index (χ3v) is 9.11. The minimum absolute atomic E-state index is 0.0280. The number of cyclic esters (lactones) is 1. The Morgan fingerprint density at radius 1 is 0.961 bits per heavy atom. The summed E-state index contributed by atoms with van der Waals surface area (Å²) >= 11 is 0. The molecule has 3 aromatic rings. The van der Waals surface area contributed by atoms with E-state index in [1.54, 1.807) is 35.8 Å². The molecular weight excluding hydrogens is 662 g/mol. The van der Waals surface area contributed by atoms with Crippen molar-refractivity contribution in [1.29, 1.82) is 0 Å². The number of ether oxygens (including phenoxy) is 6. The lowest BCUT2D eigenvalue weighted by atomic mass is 9.86. The summed E-state index contributed by atoms with van der Waals surface area (Å²) in [7, 11) is 0. The van der Waals surface area contributed by atoms with Crippen LogP contribution in [-0.2, 0) is 58.4 Å². The fourth-order valence-corrected chi connectivity index (χ4v) is 6.20. The van der Waals surface area contributed by atoms with Crippen molar-refractivity contribution in [3.63, 3.8) is 0 Å². The van der Waals surface area contributed by atoms with Crippen LogP contribution in [0.2, 0.25) is 0 Å². The van der Waals surface area contributed by atoms with Crippen LogP contribution in [0.25, 0.3) is 22.3 Å². The lowest BCUT2D eigenvalue weighted by Gasteiger charge is -2.31. The van der Waals surface area contributed by atoms with E-state index in [0.29, 0.717) is 81.7 Å². The molecule has 5 rings (SSSR count). The Bertz CT molecular complexity index is 1800. The van der Waals surface area contributed by atoms with Gasteiger partial charge in [0, 0.05) is 35.4 Å². The maximum atomic E-state index is 13.6. The van der Waals surface area contributed by atoms with Gasteiger partial charge in [0.15, 0.2) is 5.60 Å². The molecule has 0 saturated carbocycles. The number of nitrogens with zero attached hydrogens (tertiary/aromatic N) is 2. The Kier molecular flexibility index (Phi) is 12.9. The number of benzene rings is 1. The smallest absolute Gasteiger partial charge is 0.412 e. The molecule has 1 amide bonds. The van der Waals surface area contributed by atoms with E-state index in [1.165, 1.54) is 0 Å². The van der Waals surface area contributed by atoms with Crippen LogP contribution in [0.4, 0.5) is 4.79 Å². The molecule has 0 unspecified atom stereocenters. The number of hydrogen-bond donors (Lipinski definition) is 2. The summed E-state index contributed by atoms with van der Waals surface area (Å²) in [6.45, 7) is 10.9. The molecule has 2 aliphatic rings. The van der Waals surface area contributed by atoms with Crippen LogP contribution in [0.5, 0.6) is 5.75 Å². The highest BCUT2D eigenvalue weighted by atomic mass is 16.6. The van der Waals surface area contributed by atoms with E-state index < -0.39 is 17.7 Å². The second kappa shape index (κ2) is 17.3. The summed E-state index contributed by atoms with van der Waals surface area (Å²) in [5.74, 6) is -0.205. The highest BCUT2D eigenvalue weighted by molar-refractivity contribution is 5.90. The molecule has 14 heteroatoms. The molecule has 1 atom stereocenters. The number of aryl methyl sites for hydroxylation is 1. The molecule has 0 aliphatic carbocycles. The first-order valence-corrected chi connectivity index (χ1v) is 17.5. The molecule has 2 N–H and O–H groups in total. The fourth-order valence-electron chi connectivity index (χ4n) is 6.20. The van der Waals surface area contributed by atoms with E-state index in [2.05, 4.69) is 5.32 Å². The van der Waals surface area contributed by atoms with Crippen molar-refractivity contribution in [2.45, 2.75) is 65.7 Å². The van der Waals surface area contributed by atoms with Gasteiger partial charge in [-0.15, -0.1) is 0 Å². The van der Waals surface area contributed by atoms with Crippen molar-refractivity contribution >= 4 is 28.7 Å². The van der Waals surface area contributed by atoms with Crippen LogP contribution < -0.4 is 15.6 Å². The number of Topliss-reactive ketones (excluding diaryl/α,β-unsaturated/α-hetero) is 1. The van der Waals surface area contributed by atoms with Crippen LogP contribution in [0, 0.1) is 5.92 Å². The predicted octanol–water partition coefficient (Wildman–Crippen LogP) is 3.41. The van der Waals surface area contributed by atoms with Gasteiger partial charge >= 0.3 is 12.1 Å². The number of nitrogens with one attached hydrogen (secondary N) is 1. The average molecular weight is 710 g/mol. The first kappa shape index (κ1) is 38.0. The number of amides is 1. The van der Waals surface area contributed by atoms with E-state index in [1.807, 2.05) is 20.8 Å². The maximum Gasteiger partial charge on any atom is 0.412 e. The normalized spacial score (nSPS) is 16.2. The number of carbonyl (C=O) groups is 3. The van der Waals surface area contributed by atoms with Crippen molar-refractivity contribution in [3.8, 4) is 17.1 Å². The quantitative estimate of drug-likeness (QED) is 0.107. The zero-order chi connectivity index (χ0) is 36.5. The molecule has 1 aromatic carbocycles. The van der Waals surface area contributed by atoms with E-state index in [-0.39, 0.29) is 61.1 Å². The number of ketones is 1. The highest BCUT2D eigenvalue weighted by Gasteiger charge is 2.45. The summed E-state index contributed by atoms with van der Waals surface area (Å²) in [5.41, 5.74) is 1.97. The van der Waals surface area contributed by atoms with Gasteiger partial charge in [0.05, 0.1) is 81.9 Å². The average Bonchev–Trinajstić information content (AvgIpc) is 3.48. The Morgan fingerprint density at radius 2 is 1.63 bits per heavy atom. The maximum absolute atomic E-state index is 13.6. The first-order chi connectivity index (χ1) is 24.6. The van der Waals surface area contributed by atoms with Crippen LogP contribution >= 0.6 is 0 Å². The molecule has 0 spiro atoms. The van der Waals surface area contributed by atoms with Gasteiger partial charge in [-0.2, -0.15) is 0 Å². The molecule has 276 valence electrons. The van der Waals surface area contributed by atoms with Crippen molar-refractivity contribution in [2.24, 2.45) is 5.92 Å². The zero-order valence-electron chi connectivity index (χ0n) is 29.7. The molecule has 2 aromatic heterocycles. The SMILES string of the molecule is CCc1c2c(nc3ccc(OC(=O)NCCOCCOCCOCCOCCC(=O)C(C)C)cc13)-c1cc3c(c(=O)n1C2)COC(=O)[C@]3(O)CC. The molecule has 51 heavy (non-hydrogen) atoms. The molecule has 0 bridgehead atoms. The van der Waals surface area contributed by atoms with E-state index in [9.17, 15) is 24.3 Å². The van der Waals surface area contributed by atoms with Crippen molar-refractivity contribution in [2.75, 3.05) is 59.4 Å². The molecule has 14 nitrogen and oxygen atoms in total. The minimum atomic E-state index is -1.89. The molecule has 4 heterocycles. The summed E-state index contributed by atoms with van der Waals surface area (Å²) in [4.78, 5) is 55.0. The molecule has 0 fully saturated rings. The van der Waals surface area contributed by atoms with Gasteiger partial charge in [0.25, 0.3) is 5.56 Å². The standard InChI is InChI=1S/C37H47N3O11/c1-5-25-26-19-24(51-36(44)38-10-12-47-14-16-49-18-17-48-15-13-46-11-9-32(41)23(3)4)7-8-30(26)39-33-27(25)21-40-31(33)20-29-28(34(40)42)22-50-35(43)37(29,45)6-2/h7-8,19-20,23,45H,5-6,9-18,21-22H2,1-4H3,(H,38,44)/t37-/m0/s1. The van der Waals surface area contributed by atoms with Gasteiger partial charge in [0.1, 0.15) is 18.1 Å². The topological polar surface area (TPSA) is 174 Å². The van der Waals surface area contributed by atoms with E-state index in [0.717, 1.165) is 16.5 Å². The van der Waals surface area contributed by atoms with Crippen LogP contribution in [0.1, 0.15) is 62.8 Å². The predicted molar refractivity (Wildman–Crippen MR) is 186 cm³/mol. The van der Waals surface area contributed by atoms with Crippen molar-refractivity contribution in [3.05, 3.63) is 56.9 Å². The number of aromatic nitrogens is 2. The number of hydrogen-bond acceptors (Lipinski definition) is 12. The number of pyridine rings is 2. The van der Waals surface area contributed by atoms with E-state index in [4.69, 9.17) is 33.4 Å². The lowest BCUT2D eigenvalue weighted by Crippen LogP contribution is -2.44. The largest absolute Gasteiger partial charge is 0.458 e. The number of fused-ring (bicyclic) bond motifs is 5. The van der Waals surface area contributed by atoms with Crippen LogP contribution in [0.3, 0.4) is 0 Å². The van der Waals surface area contributed by atoms with Gasteiger partial charge < -0.3 is 43.4 Å². The Hall–Kier alpha value is -4.21. The third-order valence-electron chi connectivity index (χ3n) is 9.11. The zero-order valence-corrected chi connectivity index (χ0v) is 29.7. The highest BCUT2D eigenvalue weighted by Crippen LogP contribution is 2.40. The van der Waals surface area contributed by atoms with Gasteiger partial charge in [-0.05, 0) is 42.7 Å². The Balaban J connectivity index is 1.06. The van der Waals surface area contributed by atoms with E-state index >= 15 is 0 Å². The Morgan fingerprint density at radius 3 is 2.27 bits per heavy atom. The van der Waals surface area contributed by atoms with Crippen LogP contribution in [0.15, 0.2) is 29.1 Å². The fraction of sp³-hybridized carbons (Fsp3) is 0.541. The molecule has 0 radical (unpaired) electrons. The molecule has 0 saturated heterocycles. The summed E-state index contributed by atoms with van der Waals surface area (Å²) in [5, 5.41) is 14.6. The van der Waals surface area contributed by atoms with Gasteiger partial charge in [-0.1, -0.05) is 27.7 Å². The second-order valence-electron chi connectivity index (χ2n) is 12.7. The minimum Gasteiger partial charge on any atom is -0.458 e. The van der Waals surface area contributed by atoms with Crippen LogP contribution in [-0.4, -0.2) is 91.9 Å². The number of rotatable bonds is 19. The first-order valence-electron chi connectivity index (χ1n) is 17.5. The third kappa shape index (κ3) is 8.64. The monoisotopic (exact) mass is 709 g/mol. The van der Waals surface area contributed by atoms with Gasteiger partial charge in [-0.25, -0.2) is 14.6 Å². The number of aliphatic hydroxyl groups is 1. The summed E-state index contributed by atoms with van der Waals surface area (Å²) < 4.78 is 34.1. The Labute approximate surface area is 296 Å². The summed E-state index contributed by atoms with van der Waals surface area (Å²) in [6.07, 6.45) is 0.492. The second-order valence-corrected chi connectivity index (χ2v) is 12.7. The van der Waals surface area contributed by atoms with Gasteiger partial charge in [-0.3, -0.25) is 9.59 Å². The summed E-state index contributed by atoms with van der Waals surface area (Å²) in [6, 6.07) is 6.87. The lowest BCUT2D eigenvalue weighted by molar-refractivity contribution is -0.172. The number of esters is 1.